The van der Waals surface area contributed by atoms with Crippen LogP contribution in [0.25, 0.3) is 0 Å². The van der Waals surface area contributed by atoms with Gasteiger partial charge in [-0.25, -0.2) is 13.6 Å². The average molecular weight is 283 g/mol. The van der Waals surface area contributed by atoms with Crippen molar-refractivity contribution >= 4 is 11.9 Å². The standard InChI is InChI=1S/C14H15F2NO3/c1-14(13(19)20,8-5-6-8)17-12(18)7-9-10(15)3-2-4-11(9)16/h2-4,8H,5-7H2,1H3,(H,17,18)(H,19,20). The van der Waals surface area contributed by atoms with E-state index in [0.717, 1.165) is 25.0 Å². The van der Waals surface area contributed by atoms with Gasteiger partial charge in [0.05, 0.1) is 6.42 Å². The first-order valence-corrected chi connectivity index (χ1v) is 6.32. The van der Waals surface area contributed by atoms with Crippen LogP contribution >= 0.6 is 0 Å². The summed E-state index contributed by atoms with van der Waals surface area (Å²) in [5, 5.41) is 11.6. The van der Waals surface area contributed by atoms with Crippen LogP contribution < -0.4 is 5.32 Å². The van der Waals surface area contributed by atoms with Gasteiger partial charge < -0.3 is 10.4 Å². The lowest BCUT2D eigenvalue weighted by molar-refractivity contribution is -0.147. The number of carbonyl (C=O) groups is 2. The number of benzene rings is 1. The molecule has 0 saturated heterocycles. The molecule has 108 valence electrons. The minimum absolute atomic E-state index is 0.130. The minimum atomic E-state index is -1.38. The van der Waals surface area contributed by atoms with Crippen molar-refractivity contribution in [3.8, 4) is 0 Å². The minimum Gasteiger partial charge on any atom is -0.480 e. The summed E-state index contributed by atoms with van der Waals surface area (Å²) in [4.78, 5) is 23.1. The SMILES string of the molecule is CC(NC(=O)Cc1c(F)cccc1F)(C(=O)O)C1CC1. The molecule has 1 aromatic rings. The summed E-state index contributed by atoms with van der Waals surface area (Å²) in [5.74, 6) is -3.60. The van der Waals surface area contributed by atoms with Gasteiger partial charge >= 0.3 is 5.97 Å². The Labute approximate surface area is 114 Å². The second-order valence-electron chi connectivity index (χ2n) is 5.21. The summed E-state index contributed by atoms with van der Waals surface area (Å²) < 4.78 is 26.9. The zero-order valence-electron chi connectivity index (χ0n) is 11.0. The van der Waals surface area contributed by atoms with Crippen molar-refractivity contribution in [1.29, 1.82) is 0 Å². The molecule has 0 heterocycles. The zero-order valence-corrected chi connectivity index (χ0v) is 11.0. The van der Waals surface area contributed by atoms with Crippen LogP contribution in [0.4, 0.5) is 8.78 Å². The van der Waals surface area contributed by atoms with Crippen molar-refractivity contribution in [3.05, 3.63) is 35.4 Å². The van der Waals surface area contributed by atoms with E-state index in [1.807, 2.05) is 0 Å². The van der Waals surface area contributed by atoms with E-state index in [9.17, 15) is 23.5 Å². The molecule has 0 spiro atoms. The van der Waals surface area contributed by atoms with Crippen LogP contribution in [0.1, 0.15) is 25.3 Å². The molecule has 4 nitrogen and oxygen atoms in total. The third kappa shape index (κ3) is 2.79. The first kappa shape index (κ1) is 14.4. The van der Waals surface area contributed by atoms with Gasteiger partial charge in [-0.3, -0.25) is 4.79 Å². The maximum absolute atomic E-state index is 13.4. The van der Waals surface area contributed by atoms with E-state index in [1.54, 1.807) is 0 Å². The van der Waals surface area contributed by atoms with Crippen LogP contribution in [-0.4, -0.2) is 22.5 Å². The first-order chi connectivity index (χ1) is 9.34. The molecule has 2 rings (SSSR count). The van der Waals surface area contributed by atoms with Crippen molar-refractivity contribution in [2.75, 3.05) is 0 Å². The molecule has 0 radical (unpaired) electrons. The molecular weight excluding hydrogens is 268 g/mol. The Balaban J connectivity index is 2.11. The van der Waals surface area contributed by atoms with Crippen LogP contribution in [0.3, 0.4) is 0 Å². The van der Waals surface area contributed by atoms with Crippen molar-refractivity contribution < 1.29 is 23.5 Å². The summed E-state index contributed by atoms with van der Waals surface area (Å²) in [7, 11) is 0. The molecule has 1 aliphatic carbocycles. The topological polar surface area (TPSA) is 66.4 Å². The molecule has 0 aliphatic heterocycles. The van der Waals surface area contributed by atoms with E-state index in [1.165, 1.54) is 13.0 Å². The Morgan fingerprint density at radius 3 is 2.35 bits per heavy atom. The number of rotatable bonds is 5. The lowest BCUT2D eigenvalue weighted by Gasteiger charge is -2.26. The van der Waals surface area contributed by atoms with Crippen LogP contribution in [0.5, 0.6) is 0 Å². The molecule has 1 aliphatic rings. The quantitative estimate of drug-likeness (QED) is 0.867. The molecular formula is C14H15F2NO3. The largest absolute Gasteiger partial charge is 0.480 e. The highest BCUT2D eigenvalue weighted by molar-refractivity contribution is 5.88. The molecule has 1 fully saturated rings. The van der Waals surface area contributed by atoms with Crippen LogP contribution in [0.2, 0.25) is 0 Å². The van der Waals surface area contributed by atoms with E-state index < -0.39 is 35.5 Å². The van der Waals surface area contributed by atoms with Gasteiger partial charge in [0.1, 0.15) is 17.2 Å². The van der Waals surface area contributed by atoms with Gasteiger partial charge in [-0.1, -0.05) is 6.07 Å². The summed E-state index contributed by atoms with van der Waals surface area (Å²) >= 11 is 0. The third-order valence-electron chi connectivity index (χ3n) is 3.64. The van der Waals surface area contributed by atoms with Crippen LogP contribution in [0.15, 0.2) is 18.2 Å². The van der Waals surface area contributed by atoms with Crippen molar-refractivity contribution in [2.45, 2.75) is 31.7 Å². The van der Waals surface area contributed by atoms with Gasteiger partial charge in [0.2, 0.25) is 5.91 Å². The fourth-order valence-electron chi connectivity index (χ4n) is 2.19. The lowest BCUT2D eigenvalue weighted by atomic mass is 9.95. The van der Waals surface area contributed by atoms with Gasteiger partial charge in [-0.2, -0.15) is 0 Å². The summed E-state index contributed by atoms with van der Waals surface area (Å²) in [6.45, 7) is 1.42. The van der Waals surface area contributed by atoms with Gasteiger partial charge in [0, 0.05) is 5.56 Å². The third-order valence-corrected chi connectivity index (χ3v) is 3.64. The second kappa shape index (κ2) is 5.19. The van der Waals surface area contributed by atoms with Gasteiger partial charge in [0.25, 0.3) is 0 Å². The van der Waals surface area contributed by atoms with Crippen molar-refractivity contribution in [3.63, 3.8) is 0 Å². The molecule has 1 aromatic carbocycles. The van der Waals surface area contributed by atoms with Crippen LogP contribution in [0, 0.1) is 17.6 Å². The molecule has 6 heteroatoms. The van der Waals surface area contributed by atoms with Gasteiger partial charge in [-0.05, 0) is 37.8 Å². The highest BCUT2D eigenvalue weighted by Gasteiger charge is 2.48. The number of carbonyl (C=O) groups excluding carboxylic acids is 1. The number of hydrogen-bond acceptors (Lipinski definition) is 2. The second-order valence-corrected chi connectivity index (χ2v) is 5.21. The Bertz CT molecular complexity index is 537. The number of carboxylic acids is 1. The fourth-order valence-corrected chi connectivity index (χ4v) is 2.19. The summed E-state index contributed by atoms with van der Waals surface area (Å²) in [6, 6.07) is 3.32. The van der Waals surface area contributed by atoms with E-state index in [0.29, 0.717) is 0 Å². The summed E-state index contributed by atoms with van der Waals surface area (Å²) in [5.41, 5.74) is -1.73. The predicted molar refractivity (Wildman–Crippen MR) is 67.0 cm³/mol. The van der Waals surface area contributed by atoms with Crippen LogP contribution in [-0.2, 0) is 16.0 Å². The number of halogens is 2. The summed E-state index contributed by atoms with van der Waals surface area (Å²) in [6.07, 6.45) is 0.919. The fraction of sp³-hybridized carbons (Fsp3) is 0.429. The highest BCUT2D eigenvalue weighted by Crippen LogP contribution is 2.39. The smallest absolute Gasteiger partial charge is 0.329 e. The van der Waals surface area contributed by atoms with E-state index >= 15 is 0 Å². The highest BCUT2D eigenvalue weighted by atomic mass is 19.1. The van der Waals surface area contributed by atoms with Crippen molar-refractivity contribution in [1.82, 2.24) is 5.32 Å². The van der Waals surface area contributed by atoms with E-state index in [-0.39, 0.29) is 11.5 Å². The molecule has 0 bridgehead atoms. The molecule has 1 saturated carbocycles. The van der Waals surface area contributed by atoms with Crippen molar-refractivity contribution in [2.24, 2.45) is 5.92 Å². The Morgan fingerprint density at radius 1 is 1.35 bits per heavy atom. The van der Waals surface area contributed by atoms with E-state index in [2.05, 4.69) is 5.32 Å². The molecule has 20 heavy (non-hydrogen) atoms. The maximum atomic E-state index is 13.4. The van der Waals surface area contributed by atoms with Gasteiger partial charge in [0.15, 0.2) is 0 Å². The monoisotopic (exact) mass is 283 g/mol. The number of nitrogens with one attached hydrogen (secondary N) is 1. The lowest BCUT2D eigenvalue weighted by Crippen LogP contribution is -2.54. The number of carboxylic acid groups (broad SMARTS) is 1. The predicted octanol–water partition coefficient (Wildman–Crippen LogP) is 1.88. The Morgan fingerprint density at radius 2 is 1.90 bits per heavy atom. The maximum Gasteiger partial charge on any atom is 0.329 e. The normalized spacial score (nSPS) is 17.4. The Hall–Kier alpha value is -1.98. The molecule has 1 amide bonds. The first-order valence-electron chi connectivity index (χ1n) is 6.32. The average Bonchev–Trinajstić information content (AvgIpc) is 3.18. The number of hydrogen-bond donors (Lipinski definition) is 2. The van der Waals surface area contributed by atoms with Gasteiger partial charge in [-0.15, -0.1) is 0 Å². The number of aliphatic carboxylic acids is 1. The molecule has 1 atom stereocenters. The Kier molecular flexibility index (Phi) is 3.74. The number of amides is 1. The molecule has 2 N–H and O–H groups in total. The molecule has 1 unspecified atom stereocenters. The van der Waals surface area contributed by atoms with E-state index in [4.69, 9.17) is 0 Å². The molecule has 0 aromatic heterocycles. The zero-order chi connectivity index (χ0) is 14.9.